The molecule has 5 aromatic rings. The van der Waals surface area contributed by atoms with Gasteiger partial charge in [-0.25, -0.2) is 27.2 Å². The fourth-order valence-electron chi connectivity index (χ4n) is 3.85. The number of aromatic nitrogens is 5. The van der Waals surface area contributed by atoms with Crippen molar-refractivity contribution >= 4 is 32.8 Å². The lowest BCUT2D eigenvalue weighted by Gasteiger charge is -2.14. The van der Waals surface area contributed by atoms with Crippen LogP contribution in [0.4, 0.5) is 14.5 Å². The molecular formula is C24H19ClF2N6O2S. The largest absolute Gasteiger partial charge is 0.340 e. The van der Waals surface area contributed by atoms with Crippen LogP contribution in [0.2, 0.25) is 5.02 Å². The van der Waals surface area contributed by atoms with E-state index in [1.807, 2.05) is 13.8 Å². The SMILES string of the molecule is Cc1ncc(Cl)cc1S(=O)(=O)Nc1ccc(F)c(-c2ccc3c(-c4nc(C)c(C)[nH]4)ncn3c2)c1F. The Bertz CT molecular complexity index is 1740. The average Bonchev–Trinajstić information content (AvgIpc) is 3.39. The van der Waals surface area contributed by atoms with Gasteiger partial charge >= 0.3 is 0 Å². The zero-order valence-corrected chi connectivity index (χ0v) is 20.8. The fourth-order valence-corrected chi connectivity index (χ4v) is 5.35. The van der Waals surface area contributed by atoms with Crippen LogP contribution < -0.4 is 4.72 Å². The summed E-state index contributed by atoms with van der Waals surface area (Å²) < 4.78 is 59.9. The van der Waals surface area contributed by atoms with Gasteiger partial charge in [-0.1, -0.05) is 17.7 Å². The molecule has 0 aliphatic rings. The van der Waals surface area contributed by atoms with Crippen molar-refractivity contribution in [1.82, 2.24) is 24.3 Å². The number of fused-ring (bicyclic) bond motifs is 1. The number of H-pyrrole nitrogens is 1. The second-order valence-electron chi connectivity index (χ2n) is 8.23. The summed E-state index contributed by atoms with van der Waals surface area (Å²) in [6.07, 6.45) is 4.33. The summed E-state index contributed by atoms with van der Waals surface area (Å²) in [5.74, 6) is -1.34. The third kappa shape index (κ3) is 4.10. The second kappa shape index (κ2) is 8.68. The molecule has 4 aromatic heterocycles. The van der Waals surface area contributed by atoms with Crippen LogP contribution in [0.5, 0.6) is 0 Å². The quantitative estimate of drug-likeness (QED) is 0.316. The zero-order valence-electron chi connectivity index (χ0n) is 19.3. The number of hydrogen-bond donors (Lipinski definition) is 2. The Morgan fingerprint density at radius 1 is 1.06 bits per heavy atom. The van der Waals surface area contributed by atoms with Gasteiger partial charge in [0.15, 0.2) is 11.6 Å². The van der Waals surface area contributed by atoms with Crippen LogP contribution in [0.15, 0.2) is 53.9 Å². The molecule has 0 saturated heterocycles. The summed E-state index contributed by atoms with van der Waals surface area (Å²) in [6.45, 7) is 5.26. The van der Waals surface area contributed by atoms with Crippen LogP contribution in [-0.2, 0) is 10.0 Å². The van der Waals surface area contributed by atoms with Gasteiger partial charge in [-0.05, 0) is 45.0 Å². The molecule has 12 heteroatoms. The molecule has 0 aliphatic carbocycles. The number of aromatic amines is 1. The minimum Gasteiger partial charge on any atom is -0.340 e. The van der Waals surface area contributed by atoms with Gasteiger partial charge in [0.25, 0.3) is 10.0 Å². The molecular weight excluding hydrogens is 510 g/mol. The van der Waals surface area contributed by atoms with E-state index in [1.54, 1.807) is 10.5 Å². The lowest BCUT2D eigenvalue weighted by Crippen LogP contribution is -2.16. The summed E-state index contributed by atoms with van der Waals surface area (Å²) in [7, 11) is -4.25. The minimum atomic E-state index is -4.25. The number of rotatable bonds is 5. The maximum atomic E-state index is 15.5. The number of hydrogen-bond acceptors (Lipinski definition) is 5. The first kappa shape index (κ1) is 23.9. The number of aryl methyl sites for hydroxylation is 3. The summed E-state index contributed by atoms with van der Waals surface area (Å²) in [4.78, 5) is 15.7. The van der Waals surface area contributed by atoms with E-state index in [0.717, 1.165) is 23.5 Å². The average molecular weight is 529 g/mol. The van der Waals surface area contributed by atoms with Gasteiger partial charge in [0.1, 0.15) is 22.7 Å². The van der Waals surface area contributed by atoms with Crippen molar-refractivity contribution in [3.05, 3.63) is 82.8 Å². The van der Waals surface area contributed by atoms with Crippen LogP contribution >= 0.6 is 11.6 Å². The minimum absolute atomic E-state index is 0.106. The highest BCUT2D eigenvalue weighted by Gasteiger charge is 2.23. The molecule has 0 fully saturated rings. The topological polar surface area (TPSA) is 105 Å². The maximum absolute atomic E-state index is 15.5. The normalized spacial score (nSPS) is 11.8. The second-order valence-corrected chi connectivity index (χ2v) is 10.3. The number of anilines is 1. The van der Waals surface area contributed by atoms with E-state index in [0.29, 0.717) is 17.0 Å². The number of nitrogens with zero attached hydrogens (tertiary/aromatic N) is 4. The first-order valence-electron chi connectivity index (χ1n) is 10.7. The van der Waals surface area contributed by atoms with Crippen molar-refractivity contribution < 1.29 is 17.2 Å². The molecule has 0 unspecified atom stereocenters. The van der Waals surface area contributed by atoms with Gasteiger partial charge in [-0.2, -0.15) is 0 Å². The zero-order chi connectivity index (χ0) is 25.8. The molecule has 8 nitrogen and oxygen atoms in total. The predicted molar refractivity (Wildman–Crippen MR) is 132 cm³/mol. The van der Waals surface area contributed by atoms with Crippen LogP contribution in [0, 0.1) is 32.4 Å². The highest BCUT2D eigenvalue weighted by molar-refractivity contribution is 7.92. The number of imidazole rings is 2. The van der Waals surface area contributed by atoms with E-state index in [2.05, 4.69) is 24.7 Å². The Morgan fingerprint density at radius 2 is 1.83 bits per heavy atom. The summed E-state index contributed by atoms with van der Waals surface area (Å²) in [5, 5.41) is 0.106. The maximum Gasteiger partial charge on any atom is 0.263 e. The summed E-state index contributed by atoms with van der Waals surface area (Å²) in [6, 6.07) is 6.43. The van der Waals surface area contributed by atoms with E-state index in [4.69, 9.17) is 11.6 Å². The number of benzene rings is 1. The Labute approximate surface area is 210 Å². The monoisotopic (exact) mass is 528 g/mol. The number of halogens is 3. The van der Waals surface area contributed by atoms with Gasteiger partial charge in [0, 0.05) is 23.7 Å². The molecule has 2 N–H and O–H groups in total. The lowest BCUT2D eigenvalue weighted by molar-refractivity contribution is 0.587. The van der Waals surface area contributed by atoms with Crippen LogP contribution in [0.3, 0.4) is 0 Å². The standard InChI is InChI=1S/C24H19ClF2N6O2S/c1-12-13(2)31-24(30-12)23-19-7-4-15(10-33(19)11-29-23)21-17(26)5-6-18(22(21)27)32-36(34,35)20-8-16(25)9-28-14(20)3/h4-11,32H,1-3H3,(H,30,31). The Kier molecular flexibility index (Phi) is 5.76. The van der Waals surface area contributed by atoms with Crippen molar-refractivity contribution in [1.29, 1.82) is 0 Å². The van der Waals surface area contributed by atoms with Gasteiger partial charge in [0.2, 0.25) is 0 Å². The van der Waals surface area contributed by atoms with Crippen molar-refractivity contribution in [3.63, 3.8) is 0 Å². The van der Waals surface area contributed by atoms with Gasteiger partial charge < -0.3 is 9.38 Å². The molecule has 36 heavy (non-hydrogen) atoms. The molecule has 0 spiro atoms. The van der Waals surface area contributed by atoms with Crippen molar-refractivity contribution in [2.45, 2.75) is 25.7 Å². The number of nitrogens with one attached hydrogen (secondary N) is 2. The third-order valence-electron chi connectivity index (χ3n) is 5.80. The van der Waals surface area contributed by atoms with E-state index >= 15 is 4.39 Å². The van der Waals surface area contributed by atoms with Crippen LogP contribution in [0.25, 0.3) is 28.2 Å². The highest BCUT2D eigenvalue weighted by atomic mass is 35.5. The summed E-state index contributed by atoms with van der Waals surface area (Å²) >= 11 is 5.89. The summed E-state index contributed by atoms with van der Waals surface area (Å²) in [5.41, 5.74) is 2.58. The number of sulfonamides is 1. The van der Waals surface area contributed by atoms with E-state index in [-0.39, 0.29) is 21.2 Å². The van der Waals surface area contributed by atoms with Crippen LogP contribution in [-0.4, -0.2) is 32.8 Å². The molecule has 0 atom stereocenters. The van der Waals surface area contributed by atoms with Gasteiger partial charge in [-0.15, -0.1) is 0 Å². The Morgan fingerprint density at radius 3 is 2.56 bits per heavy atom. The highest BCUT2D eigenvalue weighted by Crippen LogP contribution is 2.33. The van der Waals surface area contributed by atoms with Crippen molar-refractivity contribution in [2.75, 3.05) is 4.72 Å². The van der Waals surface area contributed by atoms with Crippen molar-refractivity contribution in [3.8, 4) is 22.6 Å². The third-order valence-corrected chi connectivity index (χ3v) is 7.49. The molecule has 0 bridgehead atoms. The van der Waals surface area contributed by atoms with Gasteiger partial charge in [0.05, 0.1) is 33.2 Å². The predicted octanol–water partition coefficient (Wildman–Crippen LogP) is 5.44. The van der Waals surface area contributed by atoms with E-state index in [9.17, 15) is 12.8 Å². The van der Waals surface area contributed by atoms with Crippen LogP contribution in [0.1, 0.15) is 17.1 Å². The smallest absolute Gasteiger partial charge is 0.263 e. The first-order chi connectivity index (χ1) is 17.0. The Balaban J connectivity index is 1.55. The molecule has 184 valence electrons. The molecule has 4 heterocycles. The van der Waals surface area contributed by atoms with E-state index in [1.165, 1.54) is 37.8 Å². The first-order valence-corrected chi connectivity index (χ1v) is 12.5. The number of pyridine rings is 2. The van der Waals surface area contributed by atoms with Gasteiger partial charge in [-0.3, -0.25) is 9.71 Å². The molecule has 1 aromatic carbocycles. The fraction of sp³-hybridized carbons (Fsp3) is 0.125. The molecule has 0 radical (unpaired) electrons. The van der Waals surface area contributed by atoms with Crippen molar-refractivity contribution in [2.24, 2.45) is 0 Å². The lowest BCUT2D eigenvalue weighted by atomic mass is 10.0. The Hall–Kier alpha value is -3.83. The molecule has 0 amide bonds. The molecule has 5 rings (SSSR count). The van der Waals surface area contributed by atoms with E-state index < -0.39 is 32.9 Å². The molecule has 0 aliphatic heterocycles. The molecule has 0 saturated carbocycles.